The third-order valence-electron chi connectivity index (χ3n) is 3.75. The minimum Gasteiger partial charge on any atom is -0.369 e. The quantitative estimate of drug-likeness (QED) is 0.608. The van der Waals surface area contributed by atoms with E-state index in [2.05, 4.69) is 9.97 Å². The van der Waals surface area contributed by atoms with Crippen LogP contribution in [0.25, 0.3) is 28.1 Å². The molecule has 5 nitrogen and oxygen atoms in total. The number of rotatable bonds is 3. The van der Waals surface area contributed by atoms with E-state index in [-0.39, 0.29) is 12.3 Å². The lowest BCUT2D eigenvalue weighted by atomic mass is 10.1. The number of H-pyrrole nitrogens is 1. The van der Waals surface area contributed by atoms with Crippen molar-refractivity contribution in [2.45, 2.75) is 6.42 Å². The number of imidazole rings is 2. The van der Waals surface area contributed by atoms with Crippen molar-refractivity contribution in [3.8, 4) is 11.3 Å². The van der Waals surface area contributed by atoms with E-state index in [0.717, 1.165) is 33.8 Å². The average molecular weight is 290 g/mol. The zero-order valence-corrected chi connectivity index (χ0v) is 11.8. The highest BCUT2D eigenvalue weighted by atomic mass is 16.1. The molecule has 2 heterocycles. The zero-order chi connectivity index (χ0) is 15.1. The van der Waals surface area contributed by atoms with Crippen LogP contribution in [0.4, 0.5) is 0 Å². The van der Waals surface area contributed by atoms with E-state index in [9.17, 15) is 4.79 Å². The minimum atomic E-state index is -0.371. The molecule has 2 aromatic carbocycles. The summed E-state index contributed by atoms with van der Waals surface area (Å²) >= 11 is 0. The third-order valence-corrected chi connectivity index (χ3v) is 3.75. The molecule has 0 aliphatic carbocycles. The Bertz CT molecular complexity index is 982. The van der Waals surface area contributed by atoms with E-state index in [0.29, 0.717) is 0 Å². The Labute approximate surface area is 126 Å². The molecule has 1 amide bonds. The molecular formula is C17H14N4O. The lowest BCUT2D eigenvalue weighted by Gasteiger charge is -2.03. The van der Waals surface area contributed by atoms with Crippen LogP contribution < -0.4 is 5.73 Å². The number of aromatic amines is 1. The van der Waals surface area contributed by atoms with E-state index in [1.165, 1.54) is 0 Å². The van der Waals surface area contributed by atoms with Gasteiger partial charge in [0.15, 0.2) is 0 Å². The summed E-state index contributed by atoms with van der Waals surface area (Å²) in [6.45, 7) is 0. The van der Waals surface area contributed by atoms with Crippen LogP contribution in [-0.2, 0) is 11.2 Å². The number of primary amides is 1. The summed E-state index contributed by atoms with van der Waals surface area (Å²) < 4.78 is 1.97. The Morgan fingerprint density at radius 2 is 1.82 bits per heavy atom. The second kappa shape index (κ2) is 4.73. The van der Waals surface area contributed by atoms with Crippen LogP contribution in [0, 0.1) is 0 Å². The Balaban J connectivity index is 2.07. The Kier molecular flexibility index (Phi) is 2.72. The van der Waals surface area contributed by atoms with Crippen molar-refractivity contribution in [1.29, 1.82) is 0 Å². The molecule has 4 rings (SSSR count). The van der Waals surface area contributed by atoms with E-state index < -0.39 is 0 Å². The number of aromatic nitrogens is 3. The van der Waals surface area contributed by atoms with Gasteiger partial charge in [-0.2, -0.15) is 0 Å². The number of hydrogen-bond acceptors (Lipinski definition) is 2. The van der Waals surface area contributed by atoms with Crippen LogP contribution in [0.2, 0.25) is 0 Å². The second-order valence-electron chi connectivity index (χ2n) is 5.22. The number of hydrogen-bond donors (Lipinski definition) is 2. The third kappa shape index (κ3) is 1.87. The van der Waals surface area contributed by atoms with Gasteiger partial charge in [-0.3, -0.25) is 9.20 Å². The summed E-state index contributed by atoms with van der Waals surface area (Å²) in [5.74, 6) is 0.348. The van der Waals surface area contributed by atoms with Gasteiger partial charge in [0.05, 0.1) is 28.8 Å². The van der Waals surface area contributed by atoms with Crippen LogP contribution >= 0.6 is 0 Å². The molecule has 0 aliphatic heterocycles. The fourth-order valence-electron chi connectivity index (χ4n) is 2.85. The Morgan fingerprint density at radius 1 is 1.09 bits per heavy atom. The normalized spacial score (nSPS) is 11.3. The van der Waals surface area contributed by atoms with Gasteiger partial charge in [-0.15, -0.1) is 0 Å². The summed E-state index contributed by atoms with van der Waals surface area (Å²) in [4.78, 5) is 19.5. The van der Waals surface area contributed by atoms with E-state index in [1.54, 1.807) is 0 Å². The second-order valence-corrected chi connectivity index (χ2v) is 5.22. The Hall–Kier alpha value is -3.08. The van der Waals surface area contributed by atoms with Gasteiger partial charge in [0, 0.05) is 5.56 Å². The maximum absolute atomic E-state index is 11.5. The molecule has 0 saturated carbocycles. The lowest BCUT2D eigenvalue weighted by Crippen LogP contribution is -2.15. The number of amides is 1. The predicted octanol–water partition coefficient (Wildman–Crippen LogP) is 2.51. The van der Waals surface area contributed by atoms with Crippen molar-refractivity contribution >= 4 is 22.7 Å². The van der Waals surface area contributed by atoms with Crippen LogP contribution in [0.5, 0.6) is 0 Å². The molecule has 0 unspecified atom stereocenters. The van der Waals surface area contributed by atoms with Gasteiger partial charge in [-0.25, -0.2) is 4.98 Å². The highest BCUT2D eigenvalue weighted by molar-refractivity contribution is 5.85. The number of nitrogens with zero attached hydrogens (tertiary/aromatic N) is 2. The van der Waals surface area contributed by atoms with Gasteiger partial charge in [0.25, 0.3) is 0 Å². The molecule has 4 aromatic rings. The first-order valence-corrected chi connectivity index (χ1v) is 7.06. The van der Waals surface area contributed by atoms with Gasteiger partial charge in [0.1, 0.15) is 0 Å². The van der Waals surface area contributed by atoms with Crippen molar-refractivity contribution in [3.05, 3.63) is 60.3 Å². The van der Waals surface area contributed by atoms with Gasteiger partial charge in [-0.1, -0.05) is 42.5 Å². The monoisotopic (exact) mass is 290 g/mol. The summed E-state index contributed by atoms with van der Waals surface area (Å²) in [5, 5.41) is 0. The van der Waals surface area contributed by atoms with E-state index in [4.69, 9.17) is 5.73 Å². The molecule has 0 atom stereocenters. The molecule has 0 aliphatic rings. The molecular weight excluding hydrogens is 276 g/mol. The summed E-state index contributed by atoms with van der Waals surface area (Å²) in [6, 6.07) is 17.7. The molecule has 3 N–H and O–H groups in total. The predicted molar refractivity (Wildman–Crippen MR) is 85.4 cm³/mol. The van der Waals surface area contributed by atoms with Gasteiger partial charge in [0.2, 0.25) is 11.7 Å². The maximum atomic E-state index is 11.5. The highest BCUT2D eigenvalue weighted by Crippen LogP contribution is 2.28. The smallest absolute Gasteiger partial charge is 0.223 e. The molecule has 108 valence electrons. The molecule has 22 heavy (non-hydrogen) atoms. The molecule has 0 bridgehead atoms. The summed E-state index contributed by atoms with van der Waals surface area (Å²) in [6.07, 6.45) is 0.146. The minimum absolute atomic E-state index is 0.146. The number of nitrogens with two attached hydrogens (primary N) is 1. The lowest BCUT2D eigenvalue weighted by molar-refractivity contribution is -0.117. The van der Waals surface area contributed by atoms with Crippen LogP contribution in [0.15, 0.2) is 54.6 Å². The van der Waals surface area contributed by atoms with E-state index in [1.807, 2.05) is 59.0 Å². The topological polar surface area (TPSA) is 76.2 Å². The largest absolute Gasteiger partial charge is 0.369 e. The molecule has 0 saturated heterocycles. The molecule has 2 aromatic heterocycles. The molecule has 0 fully saturated rings. The summed E-state index contributed by atoms with van der Waals surface area (Å²) in [7, 11) is 0. The van der Waals surface area contributed by atoms with Crippen molar-refractivity contribution in [3.63, 3.8) is 0 Å². The number of benzene rings is 2. The fourth-order valence-corrected chi connectivity index (χ4v) is 2.85. The number of carbonyl (C=O) groups is 1. The Morgan fingerprint density at radius 3 is 2.59 bits per heavy atom. The number of nitrogens with one attached hydrogen (secondary N) is 1. The van der Waals surface area contributed by atoms with Crippen molar-refractivity contribution in [2.24, 2.45) is 5.73 Å². The van der Waals surface area contributed by atoms with Crippen molar-refractivity contribution in [2.75, 3.05) is 0 Å². The summed E-state index contributed by atoms with van der Waals surface area (Å²) in [5.41, 5.74) is 9.99. The molecule has 0 spiro atoms. The van der Waals surface area contributed by atoms with E-state index >= 15 is 0 Å². The first kappa shape index (κ1) is 12.6. The van der Waals surface area contributed by atoms with Gasteiger partial charge >= 0.3 is 0 Å². The van der Waals surface area contributed by atoms with Crippen LogP contribution in [0.3, 0.4) is 0 Å². The van der Waals surface area contributed by atoms with Gasteiger partial charge < -0.3 is 10.7 Å². The standard InChI is InChI=1S/C17H14N4O/c18-15(22)10-14-16(11-6-2-1-3-7-11)20-17-19-12-8-4-5-9-13(12)21(14)17/h1-9H,10H2,(H2,18,22)(H,19,20). The maximum Gasteiger partial charge on any atom is 0.223 e. The van der Waals surface area contributed by atoms with Gasteiger partial charge in [-0.05, 0) is 12.1 Å². The fraction of sp³-hybridized carbons (Fsp3) is 0.0588. The van der Waals surface area contributed by atoms with Crippen molar-refractivity contribution < 1.29 is 4.79 Å². The number of para-hydroxylation sites is 2. The zero-order valence-electron chi connectivity index (χ0n) is 11.8. The molecule has 0 radical (unpaired) electrons. The number of carbonyl (C=O) groups excluding carboxylic acids is 1. The average Bonchev–Trinajstić information content (AvgIpc) is 3.04. The van der Waals surface area contributed by atoms with Crippen LogP contribution in [0.1, 0.15) is 5.69 Å². The first-order valence-electron chi connectivity index (χ1n) is 7.06. The number of fused-ring (bicyclic) bond motifs is 3. The SMILES string of the molecule is NC(=O)Cc1c(-c2ccccc2)nc2[nH]c3ccccc3n12. The molecule has 5 heteroatoms. The first-order chi connectivity index (χ1) is 10.7. The van der Waals surface area contributed by atoms with Crippen LogP contribution in [-0.4, -0.2) is 20.3 Å². The van der Waals surface area contributed by atoms with Crippen molar-refractivity contribution in [1.82, 2.24) is 14.4 Å². The highest BCUT2D eigenvalue weighted by Gasteiger charge is 2.18.